The van der Waals surface area contributed by atoms with Crippen molar-refractivity contribution in [1.29, 1.82) is 0 Å². The standard InChI is InChI=1S/C14H18INO/c1-10-6-11(2)9-16(8-10)14(17)12-4-3-5-13(15)7-12/h3-5,7,10-11H,6,8-9H2,1-2H3/t10-,11-/m0/s1. The van der Waals surface area contributed by atoms with E-state index in [0.29, 0.717) is 11.8 Å². The number of piperidine rings is 1. The maximum atomic E-state index is 12.4. The summed E-state index contributed by atoms with van der Waals surface area (Å²) < 4.78 is 1.12. The van der Waals surface area contributed by atoms with Gasteiger partial charge in [0.05, 0.1) is 0 Å². The average molecular weight is 343 g/mol. The molecular weight excluding hydrogens is 325 g/mol. The predicted octanol–water partition coefficient (Wildman–Crippen LogP) is 3.41. The van der Waals surface area contributed by atoms with Gasteiger partial charge in [0.2, 0.25) is 0 Å². The minimum atomic E-state index is 0.182. The van der Waals surface area contributed by atoms with Crippen LogP contribution in [0.25, 0.3) is 0 Å². The number of hydrogen-bond acceptors (Lipinski definition) is 1. The van der Waals surface area contributed by atoms with Gasteiger partial charge in [0.25, 0.3) is 5.91 Å². The van der Waals surface area contributed by atoms with Gasteiger partial charge in [0.15, 0.2) is 0 Å². The molecule has 0 radical (unpaired) electrons. The molecule has 1 amide bonds. The van der Waals surface area contributed by atoms with Crippen molar-refractivity contribution in [2.75, 3.05) is 13.1 Å². The SMILES string of the molecule is C[C@H]1C[C@H](C)CN(C(=O)c2cccc(I)c2)C1. The van der Waals surface area contributed by atoms with E-state index in [1.807, 2.05) is 29.2 Å². The normalized spacial score (nSPS) is 24.8. The molecule has 1 aliphatic heterocycles. The maximum absolute atomic E-state index is 12.4. The van der Waals surface area contributed by atoms with Crippen molar-refractivity contribution in [1.82, 2.24) is 4.90 Å². The topological polar surface area (TPSA) is 20.3 Å². The van der Waals surface area contributed by atoms with Crippen molar-refractivity contribution >= 4 is 28.5 Å². The van der Waals surface area contributed by atoms with Crippen LogP contribution in [0, 0.1) is 15.4 Å². The average Bonchev–Trinajstić information content (AvgIpc) is 2.26. The number of benzene rings is 1. The zero-order chi connectivity index (χ0) is 12.4. The Balaban J connectivity index is 2.14. The van der Waals surface area contributed by atoms with Crippen LogP contribution in [0.5, 0.6) is 0 Å². The number of halogens is 1. The van der Waals surface area contributed by atoms with E-state index in [-0.39, 0.29) is 5.91 Å². The molecule has 1 heterocycles. The van der Waals surface area contributed by atoms with Gasteiger partial charge in [-0.15, -0.1) is 0 Å². The fourth-order valence-corrected chi connectivity index (χ4v) is 3.18. The van der Waals surface area contributed by atoms with E-state index >= 15 is 0 Å². The van der Waals surface area contributed by atoms with Crippen LogP contribution in [0.1, 0.15) is 30.6 Å². The molecule has 0 N–H and O–H groups in total. The Morgan fingerprint density at radius 3 is 2.53 bits per heavy atom. The zero-order valence-corrected chi connectivity index (χ0v) is 12.5. The molecule has 1 fully saturated rings. The van der Waals surface area contributed by atoms with Gasteiger partial charge < -0.3 is 4.90 Å². The molecule has 0 saturated carbocycles. The largest absolute Gasteiger partial charge is 0.338 e. The number of amides is 1. The highest BCUT2D eigenvalue weighted by atomic mass is 127. The number of carbonyl (C=O) groups excluding carboxylic acids is 1. The Bertz CT molecular complexity index is 408. The summed E-state index contributed by atoms with van der Waals surface area (Å²) in [6, 6.07) is 7.84. The van der Waals surface area contributed by atoms with Crippen LogP contribution in [-0.4, -0.2) is 23.9 Å². The highest BCUT2D eigenvalue weighted by Crippen LogP contribution is 2.22. The first-order chi connectivity index (χ1) is 8.06. The van der Waals surface area contributed by atoms with Crippen LogP contribution in [0.4, 0.5) is 0 Å². The minimum absolute atomic E-state index is 0.182. The first-order valence-corrected chi connectivity index (χ1v) is 7.19. The third-order valence-corrected chi connectivity index (χ3v) is 3.90. The molecule has 1 saturated heterocycles. The molecule has 1 aromatic carbocycles. The van der Waals surface area contributed by atoms with Crippen molar-refractivity contribution < 1.29 is 4.79 Å². The Kier molecular flexibility index (Phi) is 4.07. The quantitative estimate of drug-likeness (QED) is 0.716. The highest BCUT2D eigenvalue weighted by Gasteiger charge is 2.25. The van der Waals surface area contributed by atoms with Crippen LogP contribution < -0.4 is 0 Å². The van der Waals surface area contributed by atoms with Gasteiger partial charge in [-0.3, -0.25) is 4.79 Å². The first-order valence-electron chi connectivity index (χ1n) is 6.11. The molecular formula is C14H18INO. The molecule has 0 aromatic heterocycles. The Morgan fingerprint density at radius 1 is 1.29 bits per heavy atom. The third-order valence-electron chi connectivity index (χ3n) is 3.23. The van der Waals surface area contributed by atoms with Gasteiger partial charge in [-0.05, 0) is 59.0 Å². The monoisotopic (exact) mass is 343 g/mol. The summed E-state index contributed by atoms with van der Waals surface area (Å²) in [5.41, 5.74) is 0.818. The number of hydrogen-bond donors (Lipinski definition) is 0. The summed E-state index contributed by atoms with van der Waals surface area (Å²) >= 11 is 2.25. The van der Waals surface area contributed by atoms with Gasteiger partial charge >= 0.3 is 0 Å². The number of likely N-dealkylation sites (tertiary alicyclic amines) is 1. The summed E-state index contributed by atoms with van der Waals surface area (Å²) in [4.78, 5) is 14.4. The van der Waals surface area contributed by atoms with Gasteiger partial charge in [0, 0.05) is 22.2 Å². The molecule has 1 aromatic rings. The highest BCUT2D eigenvalue weighted by molar-refractivity contribution is 14.1. The van der Waals surface area contributed by atoms with Gasteiger partial charge in [0.1, 0.15) is 0 Å². The molecule has 1 aliphatic rings. The first kappa shape index (κ1) is 12.9. The lowest BCUT2D eigenvalue weighted by molar-refractivity contribution is 0.0623. The molecule has 92 valence electrons. The number of carbonyl (C=O) groups is 1. The zero-order valence-electron chi connectivity index (χ0n) is 10.3. The number of rotatable bonds is 1. The lowest BCUT2D eigenvalue weighted by Gasteiger charge is -2.35. The molecule has 0 spiro atoms. The molecule has 0 unspecified atom stereocenters. The van der Waals surface area contributed by atoms with Crippen molar-refractivity contribution in [2.24, 2.45) is 11.8 Å². The van der Waals surface area contributed by atoms with Gasteiger partial charge in [-0.1, -0.05) is 19.9 Å². The Hall–Kier alpha value is -0.580. The molecule has 3 heteroatoms. The van der Waals surface area contributed by atoms with E-state index in [4.69, 9.17) is 0 Å². The lowest BCUT2D eigenvalue weighted by Crippen LogP contribution is -2.42. The molecule has 17 heavy (non-hydrogen) atoms. The van der Waals surface area contributed by atoms with Crippen molar-refractivity contribution in [2.45, 2.75) is 20.3 Å². The Morgan fingerprint density at radius 2 is 1.94 bits per heavy atom. The van der Waals surface area contributed by atoms with Gasteiger partial charge in [-0.25, -0.2) is 0 Å². The fourth-order valence-electron chi connectivity index (χ4n) is 2.63. The van der Waals surface area contributed by atoms with Crippen LogP contribution in [0.3, 0.4) is 0 Å². The van der Waals surface area contributed by atoms with E-state index in [1.54, 1.807) is 0 Å². The summed E-state index contributed by atoms with van der Waals surface area (Å²) in [7, 11) is 0. The molecule has 2 atom stereocenters. The van der Waals surface area contributed by atoms with Crippen LogP contribution >= 0.6 is 22.6 Å². The fraction of sp³-hybridized carbons (Fsp3) is 0.500. The third kappa shape index (κ3) is 3.21. The summed E-state index contributed by atoms with van der Waals surface area (Å²) in [6.45, 7) is 6.25. The second-order valence-electron chi connectivity index (χ2n) is 5.17. The maximum Gasteiger partial charge on any atom is 0.253 e. The van der Waals surface area contributed by atoms with E-state index < -0.39 is 0 Å². The van der Waals surface area contributed by atoms with E-state index in [9.17, 15) is 4.79 Å². The Labute approximate surface area is 117 Å². The van der Waals surface area contributed by atoms with Crippen LogP contribution in [0.2, 0.25) is 0 Å². The van der Waals surface area contributed by atoms with Crippen molar-refractivity contribution in [3.8, 4) is 0 Å². The minimum Gasteiger partial charge on any atom is -0.338 e. The summed E-state index contributed by atoms with van der Waals surface area (Å²) in [5, 5.41) is 0. The second kappa shape index (κ2) is 5.38. The van der Waals surface area contributed by atoms with E-state index in [2.05, 4.69) is 36.4 Å². The molecule has 2 rings (SSSR count). The van der Waals surface area contributed by atoms with Gasteiger partial charge in [-0.2, -0.15) is 0 Å². The predicted molar refractivity (Wildman–Crippen MR) is 78.0 cm³/mol. The molecule has 0 aliphatic carbocycles. The van der Waals surface area contributed by atoms with E-state index in [1.165, 1.54) is 6.42 Å². The smallest absolute Gasteiger partial charge is 0.253 e. The van der Waals surface area contributed by atoms with Crippen LogP contribution in [-0.2, 0) is 0 Å². The molecule has 2 nitrogen and oxygen atoms in total. The summed E-state index contributed by atoms with van der Waals surface area (Å²) in [5.74, 6) is 1.41. The van der Waals surface area contributed by atoms with E-state index in [0.717, 1.165) is 22.2 Å². The van der Waals surface area contributed by atoms with Crippen LogP contribution in [0.15, 0.2) is 24.3 Å². The summed E-state index contributed by atoms with van der Waals surface area (Å²) in [6.07, 6.45) is 1.23. The van der Waals surface area contributed by atoms with Crippen molar-refractivity contribution in [3.63, 3.8) is 0 Å². The lowest BCUT2D eigenvalue weighted by atomic mass is 9.91. The second-order valence-corrected chi connectivity index (χ2v) is 6.41. The number of nitrogens with zero attached hydrogens (tertiary/aromatic N) is 1. The van der Waals surface area contributed by atoms with Crippen molar-refractivity contribution in [3.05, 3.63) is 33.4 Å². The molecule has 0 bridgehead atoms.